The van der Waals surface area contributed by atoms with E-state index in [1.807, 2.05) is 0 Å². The molecule has 0 saturated carbocycles. The maximum absolute atomic E-state index is 5.07. The molecular weight excluding hydrogens is 446 g/mol. The van der Waals surface area contributed by atoms with Crippen LogP contribution >= 0.6 is 0 Å². The molecule has 4 aromatic rings. The molecule has 0 saturated heterocycles. The molecule has 5 heteroatoms. The summed E-state index contributed by atoms with van der Waals surface area (Å²) in [5.41, 5.74) is 12.9. The van der Waals surface area contributed by atoms with Gasteiger partial charge in [0.05, 0.1) is 25.6 Å². The second-order valence-corrected chi connectivity index (χ2v) is 8.88. The van der Waals surface area contributed by atoms with Crippen molar-refractivity contribution in [1.82, 2.24) is 4.90 Å². The molecule has 0 fully saturated rings. The van der Waals surface area contributed by atoms with Crippen molar-refractivity contribution in [2.45, 2.75) is 25.4 Å². The lowest BCUT2D eigenvalue weighted by Crippen LogP contribution is -2.25. The zero-order chi connectivity index (χ0) is 25.0. The summed E-state index contributed by atoms with van der Waals surface area (Å²) in [6.07, 6.45) is 0.994. The first-order valence-corrected chi connectivity index (χ1v) is 12.3. The van der Waals surface area contributed by atoms with Gasteiger partial charge in [0.15, 0.2) is 0 Å². The Bertz CT molecular complexity index is 1060. The van der Waals surface area contributed by atoms with Crippen molar-refractivity contribution in [3.05, 3.63) is 131 Å². The van der Waals surface area contributed by atoms with E-state index in [9.17, 15) is 0 Å². The molecule has 0 spiro atoms. The highest BCUT2D eigenvalue weighted by Crippen LogP contribution is 2.31. The normalized spacial score (nSPS) is 11.1. The Balaban J connectivity index is 1.56. The van der Waals surface area contributed by atoms with Crippen LogP contribution in [0.2, 0.25) is 0 Å². The third-order valence-electron chi connectivity index (χ3n) is 6.30. The van der Waals surface area contributed by atoms with Crippen molar-refractivity contribution >= 4 is 11.4 Å². The number of benzene rings is 4. The first-order valence-electron chi connectivity index (χ1n) is 12.3. The summed E-state index contributed by atoms with van der Waals surface area (Å²) < 4.78 is 0. The molecule has 4 rings (SSSR count). The predicted molar refractivity (Wildman–Crippen MR) is 148 cm³/mol. The second kappa shape index (κ2) is 13.4. The first kappa shape index (κ1) is 25.5. The van der Waals surface area contributed by atoms with Crippen molar-refractivity contribution in [2.24, 2.45) is 0 Å². The van der Waals surface area contributed by atoms with Gasteiger partial charge in [-0.1, -0.05) is 84.9 Å². The minimum atomic E-state index is 0.257. The van der Waals surface area contributed by atoms with Gasteiger partial charge in [-0.25, -0.2) is 0 Å². The Morgan fingerprint density at radius 1 is 0.583 bits per heavy atom. The fourth-order valence-electron chi connectivity index (χ4n) is 4.54. The van der Waals surface area contributed by atoms with Crippen LogP contribution in [0, 0.1) is 0 Å². The topological polar surface area (TPSA) is 45.8 Å². The van der Waals surface area contributed by atoms with E-state index in [4.69, 9.17) is 9.68 Å². The maximum atomic E-state index is 5.07. The highest BCUT2D eigenvalue weighted by atomic mass is 16.6. The second-order valence-electron chi connectivity index (χ2n) is 8.88. The molecule has 0 bridgehead atoms. The van der Waals surface area contributed by atoms with Crippen LogP contribution in [0.1, 0.15) is 34.6 Å². The van der Waals surface area contributed by atoms with Crippen LogP contribution in [0.25, 0.3) is 0 Å². The number of nitrogens with zero attached hydrogens (tertiary/aromatic N) is 1. The molecule has 0 aliphatic rings. The van der Waals surface area contributed by atoms with E-state index >= 15 is 0 Å². The van der Waals surface area contributed by atoms with E-state index < -0.39 is 0 Å². The van der Waals surface area contributed by atoms with Crippen molar-refractivity contribution in [3.8, 4) is 0 Å². The standard InChI is InChI=1S/C31H35N3O2/c1-35-32-29-17-13-27(14-18-29)31(28-15-19-30(20-16-28)33-36-2)21-22-34(23-25-9-5-3-6-10-25)24-26-11-7-4-8-12-26/h3-20,31-33H,21-24H2,1-2H3. The molecule has 186 valence electrons. The van der Waals surface area contributed by atoms with Crippen LogP contribution in [0.4, 0.5) is 11.4 Å². The average molecular weight is 482 g/mol. The van der Waals surface area contributed by atoms with E-state index in [0.29, 0.717) is 0 Å². The molecular formula is C31H35N3O2. The van der Waals surface area contributed by atoms with Gasteiger partial charge < -0.3 is 0 Å². The number of nitrogens with one attached hydrogen (secondary N) is 2. The SMILES string of the molecule is CONc1ccc(C(CCN(Cc2ccccc2)Cc2ccccc2)c2ccc(NOC)cc2)cc1. The summed E-state index contributed by atoms with van der Waals surface area (Å²) in [4.78, 5) is 12.7. The van der Waals surface area contributed by atoms with E-state index in [1.165, 1.54) is 22.3 Å². The minimum Gasteiger partial charge on any atom is -0.295 e. The summed E-state index contributed by atoms with van der Waals surface area (Å²) in [7, 11) is 3.25. The Morgan fingerprint density at radius 2 is 1.00 bits per heavy atom. The largest absolute Gasteiger partial charge is 0.295 e. The van der Waals surface area contributed by atoms with Gasteiger partial charge in [-0.3, -0.25) is 25.5 Å². The molecule has 0 aliphatic carbocycles. The van der Waals surface area contributed by atoms with Crippen molar-refractivity contribution in [3.63, 3.8) is 0 Å². The van der Waals surface area contributed by atoms with Gasteiger partial charge in [0.2, 0.25) is 0 Å². The lowest BCUT2D eigenvalue weighted by Gasteiger charge is -2.26. The summed E-state index contributed by atoms with van der Waals surface area (Å²) in [5.74, 6) is 0.257. The van der Waals surface area contributed by atoms with Gasteiger partial charge in [0.1, 0.15) is 0 Å². The van der Waals surface area contributed by atoms with Crippen molar-refractivity contribution in [1.29, 1.82) is 0 Å². The summed E-state index contributed by atoms with van der Waals surface area (Å²) in [6.45, 7) is 2.79. The quantitative estimate of drug-likeness (QED) is 0.204. The number of rotatable bonds is 13. The number of hydrogen-bond donors (Lipinski definition) is 2. The van der Waals surface area contributed by atoms with Crippen LogP contribution in [-0.2, 0) is 22.8 Å². The van der Waals surface area contributed by atoms with Crippen LogP contribution in [0.15, 0.2) is 109 Å². The monoisotopic (exact) mass is 481 g/mol. The third-order valence-corrected chi connectivity index (χ3v) is 6.30. The van der Waals surface area contributed by atoms with Gasteiger partial charge in [-0.15, -0.1) is 0 Å². The highest BCUT2D eigenvalue weighted by molar-refractivity contribution is 5.48. The lowest BCUT2D eigenvalue weighted by atomic mass is 9.88. The van der Waals surface area contributed by atoms with Gasteiger partial charge in [-0.05, 0) is 59.5 Å². The van der Waals surface area contributed by atoms with E-state index in [-0.39, 0.29) is 5.92 Å². The Labute approximate surface area is 214 Å². The van der Waals surface area contributed by atoms with Crippen molar-refractivity contribution in [2.75, 3.05) is 31.7 Å². The number of hydrogen-bond acceptors (Lipinski definition) is 5. The van der Waals surface area contributed by atoms with Crippen LogP contribution < -0.4 is 11.0 Å². The third kappa shape index (κ3) is 7.43. The van der Waals surface area contributed by atoms with E-state index in [1.54, 1.807) is 14.2 Å². The van der Waals surface area contributed by atoms with Crippen LogP contribution in [0.3, 0.4) is 0 Å². The fourth-order valence-corrected chi connectivity index (χ4v) is 4.54. The molecule has 0 radical (unpaired) electrons. The zero-order valence-corrected chi connectivity index (χ0v) is 21.1. The molecule has 0 atom stereocenters. The molecule has 4 aromatic carbocycles. The Hall–Kier alpha value is -3.64. The molecule has 36 heavy (non-hydrogen) atoms. The van der Waals surface area contributed by atoms with Crippen LogP contribution in [-0.4, -0.2) is 25.7 Å². The highest BCUT2D eigenvalue weighted by Gasteiger charge is 2.17. The van der Waals surface area contributed by atoms with Gasteiger partial charge >= 0.3 is 0 Å². The van der Waals surface area contributed by atoms with Gasteiger partial charge in [0, 0.05) is 19.0 Å². The van der Waals surface area contributed by atoms with Crippen molar-refractivity contribution < 1.29 is 9.68 Å². The Morgan fingerprint density at radius 3 is 1.39 bits per heavy atom. The van der Waals surface area contributed by atoms with E-state index in [2.05, 4.69) is 125 Å². The first-order chi connectivity index (χ1) is 17.7. The molecule has 0 amide bonds. The smallest absolute Gasteiger partial charge is 0.0636 e. The molecule has 2 N–H and O–H groups in total. The molecule has 5 nitrogen and oxygen atoms in total. The fraction of sp³-hybridized carbons (Fsp3) is 0.226. The number of anilines is 2. The van der Waals surface area contributed by atoms with Gasteiger partial charge in [0.25, 0.3) is 0 Å². The maximum Gasteiger partial charge on any atom is 0.0636 e. The molecule has 0 heterocycles. The zero-order valence-electron chi connectivity index (χ0n) is 21.1. The Kier molecular flexibility index (Phi) is 9.51. The van der Waals surface area contributed by atoms with Crippen LogP contribution in [0.5, 0.6) is 0 Å². The minimum absolute atomic E-state index is 0.257. The average Bonchev–Trinajstić information content (AvgIpc) is 2.92. The predicted octanol–water partition coefficient (Wildman–Crippen LogP) is 6.86. The summed E-state index contributed by atoms with van der Waals surface area (Å²) in [5, 5.41) is 0. The van der Waals surface area contributed by atoms with E-state index in [0.717, 1.165) is 37.4 Å². The molecule has 0 unspecified atom stereocenters. The lowest BCUT2D eigenvalue weighted by molar-refractivity contribution is 0.249. The molecule has 0 aliphatic heterocycles. The summed E-state index contributed by atoms with van der Waals surface area (Å²) in [6, 6.07) is 38.5. The van der Waals surface area contributed by atoms with Gasteiger partial charge in [-0.2, -0.15) is 0 Å². The summed E-state index contributed by atoms with van der Waals surface area (Å²) >= 11 is 0. The molecule has 0 aromatic heterocycles.